The first-order valence-corrected chi connectivity index (χ1v) is 12.9. The first-order chi connectivity index (χ1) is 14.9. The van der Waals surface area contributed by atoms with E-state index in [0.717, 1.165) is 6.33 Å². The van der Waals surface area contributed by atoms with Crippen LogP contribution in [0.3, 0.4) is 0 Å². The van der Waals surface area contributed by atoms with E-state index in [0.29, 0.717) is 0 Å². The number of fused-ring (bicyclic) bond motifs is 1. The maximum atomic E-state index is 12.5. The summed E-state index contributed by atoms with van der Waals surface area (Å²) in [5.41, 5.74) is 6.14. The summed E-state index contributed by atoms with van der Waals surface area (Å²) in [5, 5.41) is 20.7. The lowest BCUT2D eigenvalue weighted by Gasteiger charge is -2.28. The molecule has 18 nitrogen and oxygen atoms in total. The Kier molecular flexibility index (Phi) is 6.28. The van der Waals surface area contributed by atoms with Crippen LogP contribution in [0.1, 0.15) is 6.23 Å². The maximum absolute atomic E-state index is 12.5. The van der Waals surface area contributed by atoms with E-state index in [9.17, 15) is 23.9 Å². The van der Waals surface area contributed by atoms with Crippen molar-refractivity contribution >= 4 is 40.4 Å². The van der Waals surface area contributed by atoms with Gasteiger partial charge < -0.3 is 30.5 Å². The van der Waals surface area contributed by atoms with Crippen molar-refractivity contribution in [1.29, 1.82) is 0 Å². The van der Waals surface area contributed by atoms with Gasteiger partial charge in [-0.1, -0.05) is 0 Å². The molecule has 2 unspecified atom stereocenters. The fraction of sp³-hybridized carbons (Fsp3) is 0.545. The van der Waals surface area contributed by atoms with E-state index >= 15 is 0 Å². The summed E-state index contributed by atoms with van der Waals surface area (Å²) in [7, 11) is -15.1. The minimum Gasteiger partial charge on any atom is -0.387 e. The van der Waals surface area contributed by atoms with Crippen LogP contribution in [-0.2, 0) is 40.6 Å². The predicted octanol–water partition coefficient (Wildman–Crippen LogP) is -0.609. The number of hydrogen-bond donors (Lipinski definition) is 5. The molecule has 32 heavy (non-hydrogen) atoms. The first kappa shape index (κ1) is 23.8. The molecule has 21 heteroatoms. The van der Waals surface area contributed by atoms with Gasteiger partial charge in [-0.15, -0.1) is 0 Å². The number of anilines is 1. The number of nitrogens with two attached hydrogens (primary N) is 1. The molecule has 0 aromatic carbocycles. The zero-order chi connectivity index (χ0) is 23.3. The van der Waals surface area contributed by atoms with E-state index in [4.69, 9.17) is 24.8 Å². The molecule has 2 aromatic heterocycles. The van der Waals surface area contributed by atoms with Gasteiger partial charge in [0, 0.05) is 0 Å². The average Bonchev–Trinajstić information content (AvgIpc) is 3.21. The predicted molar refractivity (Wildman–Crippen MR) is 98.1 cm³/mol. The molecule has 0 aliphatic carbocycles. The molecular weight excluding hydrogens is 503 g/mol. The van der Waals surface area contributed by atoms with E-state index in [1.165, 1.54) is 10.9 Å². The topological polar surface area (TPSA) is 257 Å². The molecular formula is C11H16N5O13P3. The van der Waals surface area contributed by atoms with E-state index < -0.39 is 61.4 Å². The molecule has 0 bridgehead atoms. The van der Waals surface area contributed by atoms with Crippen LogP contribution in [0.25, 0.3) is 11.2 Å². The van der Waals surface area contributed by atoms with E-state index in [-0.39, 0.29) is 17.0 Å². The number of aliphatic hydroxyl groups is 2. The SMILES string of the molecule is Nc1ncnc2c1ncn2[C@@H]1O[C@H](COP2(=O)OCOP(=O)(OP(=O)(O)O)O2)[C@@H](O)[C@H]1O. The molecule has 6 atom stereocenters. The zero-order valence-electron chi connectivity index (χ0n) is 15.5. The summed E-state index contributed by atoms with van der Waals surface area (Å²) in [6.45, 7) is -1.73. The number of rotatable bonds is 6. The van der Waals surface area contributed by atoms with Crippen LogP contribution in [0.5, 0.6) is 0 Å². The lowest BCUT2D eigenvalue weighted by molar-refractivity contribution is -0.0568. The Morgan fingerprint density at radius 3 is 2.62 bits per heavy atom. The van der Waals surface area contributed by atoms with Gasteiger partial charge in [0.25, 0.3) is 0 Å². The smallest absolute Gasteiger partial charge is 0.387 e. The van der Waals surface area contributed by atoms with Crippen molar-refractivity contribution in [2.45, 2.75) is 24.5 Å². The Morgan fingerprint density at radius 1 is 1.19 bits per heavy atom. The Labute approximate surface area is 177 Å². The molecule has 2 aliphatic heterocycles. The third-order valence-electron chi connectivity index (χ3n) is 4.22. The highest BCUT2D eigenvalue weighted by atomic mass is 31.3. The van der Waals surface area contributed by atoms with Crippen molar-refractivity contribution in [2.24, 2.45) is 0 Å². The largest absolute Gasteiger partial charge is 0.494 e. The van der Waals surface area contributed by atoms with Crippen LogP contribution in [-0.4, -0.2) is 71.2 Å². The second kappa shape index (κ2) is 8.45. The van der Waals surface area contributed by atoms with Crippen LogP contribution in [0.4, 0.5) is 5.82 Å². The van der Waals surface area contributed by atoms with Gasteiger partial charge in [0.15, 0.2) is 24.5 Å². The van der Waals surface area contributed by atoms with Gasteiger partial charge in [0.1, 0.15) is 30.2 Å². The van der Waals surface area contributed by atoms with Crippen molar-refractivity contribution in [3.63, 3.8) is 0 Å². The van der Waals surface area contributed by atoms with Crippen molar-refractivity contribution < 1.29 is 60.6 Å². The summed E-state index contributed by atoms with van der Waals surface area (Å²) in [4.78, 5) is 29.3. The molecule has 2 saturated heterocycles. The number of nitrogens with zero attached hydrogens (tertiary/aromatic N) is 4. The zero-order valence-corrected chi connectivity index (χ0v) is 18.2. The van der Waals surface area contributed by atoms with Crippen molar-refractivity contribution in [2.75, 3.05) is 19.1 Å². The van der Waals surface area contributed by atoms with Crippen LogP contribution >= 0.6 is 23.5 Å². The molecule has 2 aromatic rings. The summed E-state index contributed by atoms with van der Waals surface area (Å²) in [5.74, 6) is 0.0792. The monoisotopic (exact) mass is 519 g/mol. The molecule has 2 aliphatic rings. The Morgan fingerprint density at radius 2 is 1.91 bits per heavy atom. The van der Waals surface area contributed by atoms with Crippen molar-refractivity contribution in [3.8, 4) is 0 Å². The van der Waals surface area contributed by atoms with Gasteiger partial charge in [-0.05, 0) is 0 Å². The molecule has 178 valence electrons. The summed E-state index contributed by atoms with van der Waals surface area (Å²) in [6.07, 6.45) is -3.19. The summed E-state index contributed by atoms with van der Waals surface area (Å²) < 4.78 is 64.5. The van der Waals surface area contributed by atoms with Gasteiger partial charge in [0.05, 0.1) is 12.9 Å². The van der Waals surface area contributed by atoms with Crippen molar-refractivity contribution in [3.05, 3.63) is 12.7 Å². The standard InChI is InChI=1S/C11H16N5O13P3/c12-9-6-10(14-2-13-9)16(3-15-6)11-8(18)7(17)5(27-11)1-24-31(22)25-4-26-32(23,29-31)28-30(19,20)21/h2-3,5,7-8,11,17-18H,1,4H2,(H2,12,13,14)(H2,19,20,21)/t5-,7-,8-,11-,31?,32?/m1/s1. The third-order valence-corrected chi connectivity index (χ3v) is 8.78. The number of aliphatic hydroxyl groups excluding tert-OH is 2. The van der Waals surface area contributed by atoms with Gasteiger partial charge in [-0.25, -0.2) is 28.6 Å². The van der Waals surface area contributed by atoms with Crippen LogP contribution in [0.15, 0.2) is 12.7 Å². The number of phosphoric acid groups is 3. The van der Waals surface area contributed by atoms with Crippen LogP contribution in [0, 0.1) is 0 Å². The maximum Gasteiger partial charge on any atom is 0.494 e. The van der Waals surface area contributed by atoms with E-state index in [1.807, 2.05) is 0 Å². The number of nitrogen functional groups attached to an aromatic ring is 1. The fourth-order valence-corrected chi connectivity index (χ4v) is 6.88. The summed E-state index contributed by atoms with van der Waals surface area (Å²) in [6, 6.07) is 0. The lowest BCUT2D eigenvalue weighted by atomic mass is 10.1. The Balaban J connectivity index is 1.46. The first-order valence-electron chi connectivity index (χ1n) is 8.46. The highest BCUT2D eigenvalue weighted by Gasteiger charge is 2.51. The quantitative estimate of drug-likeness (QED) is 0.298. The van der Waals surface area contributed by atoms with Gasteiger partial charge in [-0.2, -0.15) is 8.62 Å². The minimum absolute atomic E-state index is 0.0792. The summed E-state index contributed by atoms with van der Waals surface area (Å²) >= 11 is 0. The van der Waals surface area contributed by atoms with Crippen LogP contribution < -0.4 is 5.73 Å². The van der Waals surface area contributed by atoms with Crippen molar-refractivity contribution in [1.82, 2.24) is 19.5 Å². The highest BCUT2D eigenvalue weighted by Crippen LogP contribution is 2.73. The Bertz CT molecular complexity index is 1150. The molecule has 0 saturated carbocycles. The molecule has 6 N–H and O–H groups in total. The molecule has 0 spiro atoms. The van der Waals surface area contributed by atoms with Gasteiger partial charge >= 0.3 is 23.5 Å². The molecule has 0 amide bonds. The van der Waals surface area contributed by atoms with E-state index in [1.54, 1.807) is 0 Å². The molecule has 0 radical (unpaired) electrons. The second-order valence-electron chi connectivity index (χ2n) is 6.35. The molecule has 2 fully saturated rings. The number of aromatic nitrogens is 4. The van der Waals surface area contributed by atoms with Gasteiger partial charge in [-0.3, -0.25) is 18.1 Å². The second-order valence-corrected chi connectivity index (χ2v) is 11.2. The number of hydrogen-bond acceptors (Lipinski definition) is 15. The molecule has 4 heterocycles. The minimum atomic E-state index is -5.34. The fourth-order valence-electron chi connectivity index (χ4n) is 2.87. The van der Waals surface area contributed by atoms with Crippen LogP contribution in [0.2, 0.25) is 0 Å². The highest BCUT2D eigenvalue weighted by molar-refractivity contribution is 7.67. The van der Waals surface area contributed by atoms with Gasteiger partial charge in [0.2, 0.25) is 0 Å². The number of ether oxygens (including phenoxy) is 1. The third kappa shape index (κ3) is 4.78. The normalized spacial score (nSPS) is 36.0. The Hall–Kier alpha value is -1.36. The lowest BCUT2D eigenvalue weighted by Crippen LogP contribution is -2.33. The number of phosphoric ester groups is 1. The number of imidazole rings is 1. The van der Waals surface area contributed by atoms with E-state index in [2.05, 4.69) is 32.6 Å². The molecule has 4 rings (SSSR count). The average molecular weight is 519 g/mol.